The molecule has 0 N–H and O–H groups in total. The number of nitriles is 1. The Morgan fingerprint density at radius 1 is 1.22 bits per heavy atom. The zero-order valence-electron chi connectivity index (χ0n) is 10.7. The lowest BCUT2D eigenvalue weighted by Gasteiger charge is -2.35. The van der Waals surface area contributed by atoms with Crippen LogP contribution in [-0.4, -0.2) is 26.4 Å². The standard InChI is InChI=1S/C14H17NO3/c1-3-17-12-6-5-11(7-13(12)18-4-2)14(8-15)9-16-10-14/h5-7H,3-4,9-10H2,1-2H3. The molecule has 0 unspecified atom stereocenters. The van der Waals surface area contributed by atoms with Crippen LogP contribution in [0.3, 0.4) is 0 Å². The molecule has 1 aromatic rings. The maximum absolute atomic E-state index is 9.28. The lowest BCUT2D eigenvalue weighted by atomic mass is 9.80. The van der Waals surface area contributed by atoms with Crippen LogP contribution in [0.25, 0.3) is 0 Å². The monoisotopic (exact) mass is 247 g/mol. The molecule has 1 heterocycles. The summed E-state index contributed by atoms with van der Waals surface area (Å²) in [6.45, 7) is 5.91. The molecule has 0 bridgehead atoms. The topological polar surface area (TPSA) is 51.5 Å². The van der Waals surface area contributed by atoms with Crippen LogP contribution in [0.5, 0.6) is 11.5 Å². The summed E-state index contributed by atoms with van der Waals surface area (Å²) in [6.07, 6.45) is 0. The zero-order chi connectivity index (χ0) is 13.0. The average molecular weight is 247 g/mol. The van der Waals surface area contributed by atoms with Crippen molar-refractivity contribution in [2.45, 2.75) is 19.3 Å². The Balaban J connectivity index is 2.33. The fraction of sp³-hybridized carbons (Fsp3) is 0.500. The van der Waals surface area contributed by atoms with Crippen molar-refractivity contribution in [3.05, 3.63) is 23.8 Å². The highest BCUT2D eigenvalue weighted by molar-refractivity contribution is 5.48. The van der Waals surface area contributed by atoms with E-state index in [-0.39, 0.29) is 0 Å². The molecule has 1 saturated heterocycles. The van der Waals surface area contributed by atoms with Gasteiger partial charge in [0.25, 0.3) is 0 Å². The minimum atomic E-state index is -0.517. The van der Waals surface area contributed by atoms with Crippen LogP contribution in [0.1, 0.15) is 19.4 Å². The van der Waals surface area contributed by atoms with Gasteiger partial charge in [-0.3, -0.25) is 0 Å². The smallest absolute Gasteiger partial charge is 0.161 e. The van der Waals surface area contributed by atoms with Crippen molar-refractivity contribution in [1.82, 2.24) is 0 Å². The van der Waals surface area contributed by atoms with Crippen LogP contribution in [0, 0.1) is 11.3 Å². The van der Waals surface area contributed by atoms with Gasteiger partial charge in [-0.1, -0.05) is 6.07 Å². The molecule has 0 amide bonds. The fourth-order valence-corrected chi connectivity index (χ4v) is 1.95. The molecule has 4 heteroatoms. The minimum Gasteiger partial charge on any atom is -0.490 e. The Kier molecular flexibility index (Phi) is 3.73. The molecule has 0 saturated carbocycles. The van der Waals surface area contributed by atoms with E-state index in [2.05, 4.69) is 6.07 Å². The van der Waals surface area contributed by atoms with Crippen LogP contribution in [0.4, 0.5) is 0 Å². The summed E-state index contributed by atoms with van der Waals surface area (Å²) in [5.41, 5.74) is 0.416. The molecule has 1 aliphatic heterocycles. The third-order valence-electron chi connectivity index (χ3n) is 3.01. The van der Waals surface area contributed by atoms with E-state index in [4.69, 9.17) is 14.2 Å². The van der Waals surface area contributed by atoms with Crippen LogP contribution in [0.15, 0.2) is 18.2 Å². The molecule has 18 heavy (non-hydrogen) atoms. The summed E-state index contributed by atoms with van der Waals surface area (Å²) in [5.74, 6) is 1.41. The fourth-order valence-electron chi connectivity index (χ4n) is 1.95. The molecule has 1 aliphatic rings. The average Bonchev–Trinajstić information content (AvgIpc) is 2.32. The third-order valence-corrected chi connectivity index (χ3v) is 3.01. The highest BCUT2D eigenvalue weighted by Gasteiger charge is 2.41. The van der Waals surface area contributed by atoms with Crippen molar-refractivity contribution < 1.29 is 14.2 Å². The molecule has 4 nitrogen and oxygen atoms in total. The Bertz CT molecular complexity index is 461. The molecule has 0 spiro atoms. The maximum atomic E-state index is 9.28. The van der Waals surface area contributed by atoms with Gasteiger partial charge in [0.05, 0.1) is 32.5 Å². The number of hydrogen-bond acceptors (Lipinski definition) is 4. The number of nitrogens with zero attached hydrogens (tertiary/aromatic N) is 1. The Hall–Kier alpha value is -1.73. The second kappa shape index (κ2) is 5.28. The first-order chi connectivity index (χ1) is 8.75. The Labute approximate surface area is 107 Å². The summed E-state index contributed by atoms with van der Waals surface area (Å²) < 4.78 is 16.2. The van der Waals surface area contributed by atoms with Gasteiger partial charge >= 0.3 is 0 Å². The van der Waals surface area contributed by atoms with E-state index in [1.54, 1.807) is 0 Å². The van der Waals surface area contributed by atoms with E-state index < -0.39 is 5.41 Å². The summed E-state index contributed by atoms with van der Waals surface area (Å²) in [7, 11) is 0. The van der Waals surface area contributed by atoms with Gasteiger partial charge in [0.2, 0.25) is 0 Å². The molecule has 1 aromatic carbocycles. The van der Waals surface area contributed by atoms with Gasteiger partial charge in [-0.2, -0.15) is 5.26 Å². The Morgan fingerprint density at radius 3 is 2.39 bits per heavy atom. The van der Waals surface area contributed by atoms with Gasteiger partial charge in [0, 0.05) is 0 Å². The van der Waals surface area contributed by atoms with Crippen molar-refractivity contribution in [3.63, 3.8) is 0 Å². The largest absolute Gasteiger partial charge is 0.490 e. The van der Waals surface area contributed by atoms with Crippen LogP contribution < -0.4 is 9.47 Å². The van der Waals surface area contributed by atoms with E-state index in [1.807, 2.05) is 32.0 Å². The first kappa shape index (κ1) is 12.7. The highest BCUT2D eigenvalue weighted by atomic mass is 16.5. The second-order valence-corrected chi connectivity index (χ2v) is 4.21. The summed E-state index contributed by atoms with van der Waals surface area (Å²) in [6, 6.07) is 8.00. The lowest BCUT2D eigenvalue weighted by molar-refractivity contribution is -0.0299. The van der Waals surface area contributed by atoms with Crippen molar-refractivity contribution in [2.24, 2.45) is 0 Å². The van der Waals surface area contributed by atoms with E-state index in [0.717, 1.165) is 11.3 Å². The SMILES string of the molecule is CCOc1ccc(C2(C#N)COC2)cc1OCC. The minimum absolute atomic E-state index is 0.447. The van der Waals surface area contributed by atoms with Gasteiger partial charge in [-0.25, -0.2) is 0 Å². The van der Waals surface area contributed by atoms with Gasteiger partial charge in [0.15, 0.2) is 11.5 Å². The molecule has 1 fully saturated rings. The molecule has 2 rings (SSSR count). The normalized spacial score (nSPS) is 16.5. The summed E-state index contributed by atoms with van der Waals surface area (Å²) in [4.78, 5) is 0. The van der Waals surface area contributed by atoms with Crippen LogP contribution in [-0.2, 0) is 10.2 Å². The van der Waals surface area contributed by atoms with Crippen molar-refractivity contribution >= 4 is 0 Å². The van der Waals surface area contributed by atoms with E-state index in [1.165, 1.54) is 0 Å². The first-order valence-electron chi connectivity index (χ1n) is 6.15. The van der Waals surface area contributed by atoms with Crippen LogP contribution >= 0.6 is 0 Å². The van der Waals surface area contributed by atoms with Gasteiger partial charge in [-0.15, -0.1) is 0 Å². The molecular weight excluding hydrogens is 230 g/mol. The maximum Gasteiger partial charge on any atom is 0.161 e. The number of ether oxygens (including phenoxy) is 3. The molecular formula is C14H17NO3. The van der Waals surface area contributed by atoms with Gasteiger partial charge < -0.3 is 14.2 Å². The van der Waals surface area contributed by atoms with Gasteiger partial charge in [0.1, 0.15) is 5.41 Å². The Morgan fingerprint density at radius 2 is 1.89 bits per heavy atom. The van der Waals surface area contributed by atoms with Crippen LogP contribution in [0.2, 0.25) is 0 Å². The molecule has 0 atom stereocenters. The highest BCUT2D eigenvalue weighted by Crippen LogP contribution is 2.37. The van der Waals surface area contributed by atoms with Gasteiger partial charge in [-0.05, 0) is 31.5 Å². The molecule has 0 radical (unpaired) electrons. The van der Waals surface area contributed by atoms with E-state index in [9.17, 15) is 5.26 Å². The van der Waals surface area contributed by atoms with E-state index in [0.29, 0.717) is 32.2 Å². The molecule has 0 aromatic heterocycles. The lowest BCUT2D eigenvalue weighted by Crippen LogP contribution is -2.45. The first-order valence-corrected chi connectivity index (χ1v) is 6.15. The molecule has 96 valence electrons. The summed E-state index contributed by atoms with van der Waals surface area (Å²) >= 11 is 0. The zero-order valence-corrected chi connectivity index (χ0v) is 10.7. The van der Waals surface area contributed by atoms with Crippen molar-refractivity contribution in [1.29, 1.82) is 5.26 Å². The summed E-state index contributed by atoms with van der Waals surface area (Å²) in [5, 5.41) is 9.28. The molecule has 0 aliphatic carbocycles. The number of rotatable bonds is 5. The third kappa shape index (κ3) is 2.14. The number of hydrogen-bond donors (Lipinski definition) is 0. The predicted octanol–water partition coefficient (Wildman–Crippen LogP) is 2.28. The van der Waals surface area contributed by atoms with Crippen molar-refractivity contribution in [2.75, 3.05) is 26.4 Å². The van der Waals surface area contributed by atoms with Crippen molar-refractivity contribution in [3.8, 4) is 17.6 Å². The van der Waals surface area contributed by atoms with E-state index >= 15 is 0 Å². The predicted molar refractivity (Wildman–Crippen MR) is 66.9 cm³/mol. The number of benzene rings is 1. The quantitative estimate of drug-likeness (QED) is 0.801. The second-order valence-electron chi connectivity index (χ2n) is 4.21.